The Morgan fingerprint density at radius 1 is 1.50 bits per heavy atom. The first-order valence-corrected chi connectivity index (χ1v) is 5.87. The van der Waals surface area contributed by atoms with Gasteiger partial charge in [-0.05, 0) is 26.8 Å². The van der Waals surface area contributed by atoms with E-state index in [0.717, 1.165) is 6.54 Å². The molecule has 5 nitrogen and oxygen atoms in total. The second kappa shape index (κ2) is 6.06. The minimum atomic E-state index is -0.695. The highest BCUT2D eigenvalue weighted by atomic mass is 35.5. The topological polar surface area (TPSA) is 61.4 Å². The van der Waals surface area contributed by atoms with Gasteiger partial charge in [-0.2, -0.15) is 0 Å². The summed E-state index contributed by atoms with van der Waals surface area (Å²) in [6, 6.07) is 0.191. The number of carbonyl (C=O) groups excluding carboxylic acids is 2. The van der Waals surface area contributed by atoms with Crippen LogP contribution in [0.25, 0.3) is 0 Å². The number of imide groups is 1. The Bertz CT molecular complexity index is 267. The lowest BCUT2D eigenvalue weighted by Gasteiger charge is -2.15. The molecule has 2 N–H and O–H groups in total. The van der Waals surface area contributed by atoms with Crippen LogP contribution in [0.3, 0.4) is 0 Å². The highest BCUT2D eigenvalue weighted by Crippen LogP contribution is 2.24. The van der Waals surface area contributed by atoms with E-state index >= 15 is 0 Å². The van der Waals surface area contributed by atoms with E-state index in [4.69, 9.17) is 11.6 Å². The van der Waals surface area contributed by atoms with E-state index in [9.17, 15) is 9.59 Å². The first-order valence-electron chi connectivity index (χ1n) is 5.43. The van der Waals surface area contributed by atoms with Gasteiger partial charge in [0.2, 0.25) is 5.91 Å². The van der Waals surface area contributed by atoms with Crippen molar-refractivity contribution in [1.29, 1.82) is 0 Å². The van der Waals surface area contributed by atoms with Crippen molar-refractivity contribution in [3.05, 3.63) is 0 Å². The molecule has 1 aliphatic rings. The van der Waals surface area contributed by atoms with Crippen molar-refractivity contribution in [3.8, 4) is 0 Å². The van der Waals surface area contributed by atoms with E-state index in [1.54, 1.807) is 0 Å². The molecular weight excluding hydrogens is 230 g/mol. The first-order chi connectivity index (χ1) is 7.50. The summed E-state index contributed by atoms with van der Waals surface area (Å²) in [6.07, 6.45) is 2.48. The number of nitrogens with one attached hydrogen (secondary N) is 2. The largest absolute Gasteiger partial charge is 0.337 e. The third-order valence-electron chi connectivity index (χ3n) is 2.52. The molecule has 92 valence electrons. The van der Waals surface area contributed by atoms with Crippen LogP contribution in [0, 0.1) is 0 Å². The molecule has 0 heterocycles. The number of hydrogen-bond acceptors (Lipinski definition) is 3. The van der Waals surface area contributed by atoms with Crippen LogP contribution in [0.2, 0.25) is 0 Å². The van der Waals surface area contributed by atoms with Gasteiger partial charge in [-0.15, -0.1) is 11.6 Å². The van der Waals surface area contributed by atoms with Gasteiger partial charge in [0, 0.05) is 19.1 Å². The van der Waals surface area contributed by atoms with E-state index in [2.05, 4.69) is 15.5 Å². The quantitative estimate of drug-likeness (QED) is 0.697. The minimum Gasteiger partial charge on any atom is -0.337 e. The molecule has 0 aromatic heterocycles. The maximum Gasteiger partial charge on any atom is 0.321 e. The van der Waals surface area contributed by atoms with Gasteiger partial charge in [-0.1, -0.05) is 0 Å². The summed E-state index contributed by atoms with van der Waals surface area (Å²) in [7, 11) is 2.03. The highest BCUT2D eigenvalue weighted by Gasteiger charge is 2.25. The number of likely N-dealkylation sites (N-methyl/N-ethyl adjacent to an activating group) is 1. The standard InChI is InChI=1S/C10H18ClN3O2/c1-7(11)9(15)13-10(16)12-5-6-14(2)8-3-4-8/h7-8H,3-6H2,1-2H3,(H2,12,13,15,16). The van der Waals surface area contributed by atoms with Crippen molar-refractivity contribution in [3.63, 3.8) is 0 Å². The van der Waals surface area contributed by atoms with Crippen LogP contribution < -0.4 is 10.6 Å². The lowest BCUT2D eigenvalue weighted by Crippen LogP contribution is -2.44. The Balaban J connectivity index is 2.07. The lowest BCUT2D eigenvalue weighted by atomic mass is 10.4. The molecular formula is C10H18ClN3O2. The van der Waals surface area contributed by atoms with Gasteiger partial charge >= 0.3 is 6.03 Å². The van der Waals surface area contributed by atoms with E-state index in [-0.39, 0.29) is 0 Å². The summed E-state index contributed by atoms with van der Waals surface area (Å²) in [5.41, 5.74) is 0. The normalized spacial score (nSPS) is 17.0. The zero-order chi connectivity index (χ0) is 12.1. The van der Waals surface area contributed by atoms with Gasteiger partial charge in [0.05, 0.1) is 0 Å². The van der Waals surface area contributed by atoms with E-state index < -0.39 is 17.3 Å². The first kappa shape index (κ1) is 13.3. The Labute approximate surface area is 101 Å². The van der Waals surface area contributed by atoms with Crippen molar-refractivity contribution in [1.82, 2.24) is 15.5 Å². The summed E-state index contributed by atoms with van der Waals surface area (Å²) in [5.74, 6) is -0.477. The van der Waals surface area contributed by atoms with Crippen LogP contribution in [0.15, 0.2) is 0 Å². The average Bonchev–Trinajstić information content (AvgIpc) is 3.00. The third kappa shape index (κ3) is 4.81. The van der Waals surface area contributed by atoms with Crippen LogP contribution >= 0.6 is 11.6 Å². The van der Waals surface area contributed by atoms with Gasteiger partial charge in [0.15, 0.2) is 0 Å². The average molecular weight is 248 g/mol. The fourth-order valence-corrected chi connectivity index (χ4v) is 1.35. The van der Waals surface area contributed by atoms with E-state index in [1.165, 1.54) is 19.8 Å². The minimum absolute atomic E-state index is 0.477. The number of amides is 3. The van der Waals surface area contributed by atoms with Gasteiger partial charge < -0.3 is 10.2 Å². The monoisotopic (exact) mass is 247 g/mol. The lowest BCUT2D eigenvalue weighted by molar-refractivity contribution is -0.119. The van der Waals surface area contributed by atoms with Gasteiger partial charge in [-0.25, -0.2) is 4.79 Å². The Morgan fingerprint density at radius 2 is 2.12 bits per heavy atom. The van der Waals surface area contributed by atoms with Crippen LogP contribution in [0.1, 0.15) is 19.8 Å². The maximum atomic E-state index is 11.2. The van der Waals surface area contributed by atoms with Gasteiger partial charge in [-0.3, -0.25) is 10.1 Å². The summed E-state index contributed by atoms with van der Waals surface area (Å²) < 4.78 is 0. The number of rotatable bonds is 5. The fraction of sp³-hybridized carbons (Fsp3) is 0.800. The third-order valence-corrected chi connectivity index (χ3v) is 2.72. The molecule has 1 unspecified atom stereocenters. The molecule has 1 rings (SSSR count). The number of hydrogen-bond donors (Lipinski definition) is 2. The molecule has 1 saturated carbocycles. The number of nitrogens with zero attached hydrogens (tertiary/aromatic N) is 1. The molecule has 1 fully saturated rings. The SMILES string of the molecule is CC(Cl)C(=O)NC(=O)NCCN(C)C1CC1. The van der Waals surface area contributed by atoms with Crippen molar-refractivity contribution in [2.75, 3.05) is 20.1 Å². The Morgan fingerprint density at radius 3 is 2.62 bits per heavy atom. The smallest absolute Gasteiger partial charge is 0.321 e. The number of urea groups is 1. The molecule has 6 heteroatoms. The summed E-state index contributed by atoms with van der Waals surface area (Å²) >= 11 is 5.51. The Hall–Kier alpha value is -0.810. The molecule has 0 saturated heterocycles. The maximum absolute atomic E-state index is 11.2. The van der Waals surface area contributed by atoms with Crippen molar-refractivity contribution >= 4 is 23.5 Å². The molecule has 16 heavy (non-hydrogen) atoms. The molecule has 0 aromatic rings. The van der Waals surface area contributed by atoms with Crippen LogP contribution in [-0.4, -0.2) is 48.4 Å². The molecule has 0 radical (unpaired) electrons. The number of halogens is 1. The van der Waals surface area contributed by atoms with Crippen LogP contribution in [-0.2, 0) is 4.79 Å². The summed E-state index contributed by atoms with van der Waals surface area (Å²) in [4.78, 5) is 24.5. The zero-order valence-corrected chi connectivity index (χ0v) is 10.4. The molecule has 1 atom stereocenters. The predicted molar refractivity (Wildman–Crippen MR) is 62.5 cm³/mol. The number of carbonyl (C=O) groups is 2. The van der Waals surface area contributed by atoms with Crippen molar-refractivity contribution in [2.24, 2.45) is 0 Å². The van der Waals surface area contributed by atoms with E-state index in [0.29, 0.717) is 12.6 Å². The highest BCUT2D eigenvalue weighted by molar-refractivity contribution is 6.31. The second-order valence-corrected chi connectivity index (χ2v) is 4.73. The molecule has 3 amide bonds. The van der Waals surface area contributed by atoms with Crippen LogP contribution in [0.4, 0.5) is 4.79 Å². The summed E-state index contributed by atoms with van der Waals surface area (Å²) in [6.45, 7) is 2.84. The van der Waals surface area contributed by atoms with Crippen LogP contribution in [0.5, 0.6) is 0 Å². The molecule has 1 aliphatic carbocycles. The molecule has 0 aromatic carbocycles. The van der Waals surface area contributed by atoms with E-state index in [1.807, 2.05) is 7.05 Å². The Kier molecular flexibility index (Phi) is 5.02. The fourth-order valence-electron chi connectivity index (χ4n) is 1.30. The predicted octanol–water partition coefficient (Wildman–Crippen LogP) is 0.534. The summed E-state index contributed by atoms with van der Waals surface area (Å²) in [5, 5.41) is 4.07. The second-order valence-electron chi connectivity index (χ2n) is 4.07. The van der Waals surface area contributed by atoms with Gasteiger partial charge in [0.1, 0.15) is 5.38 Å². The molecule has 0 bridgehead atoms. The van der Waals surface area contributed by atoms with Gasteiger partial charge in [0.25, 0.3) is 0 Å². The zero-order valence-electron chi connectivity index (χ0n) is 9.62. The number of alkyl halides is 1. The van der Waals surface area contributed by atoms with Crippen molar-refractivity contribution in [2.45, 2.75) is 31.2 Å². The molecule has 0 spiro atoms. The molecule has 0 aliphatic heterocycles. The van der Waals surface area contributed by atoms with Crippen molar-refractivity contribution < 1.29 is 9.59 Å².